The van der Waals surface area contributed by atoms with E-state index in [9.17, 15) is 4.39 Å². The van der Waals surface area contributed by atoms with Gasteiger partial charge in [0.25, 0.3) is 0 Å². The first-order chi connectivity index (χ1) is 12.1. The maximum atomic E-state index is 13.6. The van der Waals surface area contributed by atoms with E-state index in [1.54, 1.807) is 36.4 Å². The van der Waals surface area contributed by atoms with Crippen LogP contribution in [0.1, 0.15) is 11.3 Å². The number of hydrogen-bond donors (Lipinski definition) is 0. The van der Waals surface area contributed by atoms with Gasteiger partial charge in [-0.3, -0.25) is 0 Å². The van der Waals surface area contributed by atoms with E-state index in [0.717, 1.165) is 5.69 Å². The van der Waals surface area contributed by atoms with E-state index in [0.29, 0.717) is 29.0 Å². The van der Waals surface area contributed by atoms with Crippen LogP contribution >= 0.6 is 11.6 Å². The molecule has 0 saturated heterocycles. The molecule has 4 nitrogen and oxygen atoms in total. The van der Waals surface area contributed by atoms with Crippen molar-refractivity contribution in [3.63, 3.8) is 0 Å². The molecule has 0 aliphatic carbocycles. The van der Waals surface area contributed by atoms with Crippen molar-refractivity contribution in [1.29, 1.82) is 5.26 Å². The maximum Gasteiger partial charge on any atom is 0.144 e. The fourth-order valence-corrected chi connectivity index (χ4v) is 2.26. The summed E-state index contributed by atoms with van der Waals surface area (Å²) in [4.78, 5) is 4.14. The Hall–Kier alpha value is -3.10. The van der Waals surface area contributed by atoms with E-state index in [-0.39, 0.29) is 5.56 Å². The smallest absolute Gasteiger partial charge is 0.144 e. The van der Waals surface area contributed by atoms with E-state index in [1.807, 2.05) is 12.1 Å². The van der Waals surface area contributed by atoms with Gasteiger partial charge in [-0.15, -0.1) is 0 Å². The zero-order valence-corrected chi connectivity index (χ0v) is 13.7. The van der Waals surface area contributed by atoms with Gasteiger partial charge >= 0.3 is 0 Å². The largest absolute Gasteiger partial charge is 0.487 e. The lowest BCUT2D eigenvalue weighted by atomic mass is 10.2. The van der Waals surface area contributed by atoms with Crippen LogP contribution in [0.3, 0.4) is 0 Å². The van der Waals surface area contributed by atoms with Gasteiger partial charge in [-0.25, -0.2) is 9.37 Å². The molecule has 25 heavy (non-hydrogen) atoms. The van der Waals surface area contributed by atoms with Crippen LogP contribution in [0, 0.1) is 17.1 Å². The highest BCUT2D eigenvalue weighted by atomic mass is 35.5. The van der Waals surface area contributed by atoms with Crippen LogP contribution < -0.4 is 9.47 Å². The van der Waals surface area contributed by atoms with Crippen molar-refractivity contribution in [2.75, 3.05) is 0 Å². The molecule has 0 aliphatic rings. The van der Waals surface area contributed by atoms with Crippen LogP contribution in [-0.4, -0.2) is 4.98 Å². The Labute approximate surface area is 149 Å². The van der Waals surface area contributed by atoms with E-state index in [1.165, 1.54) is 18.2 Å². The molecule has 0 atom stereocenters. The molecule has 3 rings (SSSR count). The summed E-state index contributed by atoms with van der Waals surface area (Å²) in [7, 11) is 0. The highest BCUT2D eigenvalue weighted by Gasteiger charge is 2.05. The minimum absolute atomic E-state index is 0.0225. The van der Waals surface area contributed by atoms with Gasteiger partial charge in [-0.05, 0) is 48.5 Å². The van der Waals surface area contributed by atoms with Gasteiger partial charge in [0.15, 0.2) is 0 Å². The Morgan fingerprint density at radius 2 is 1.72 bits per heavy atom. The van der Waals surface area contributed by atoms with E-state index in [4.69, 9.17) is 26.3 Å². The van der Waals surface area contributed by atoms with Crippen molar-refractivity contribution in [2.24, 2.45) is 0 Å². The molecule has 0 unspecified atom stereocenters. The number of halogens is 2. The third kappa shape index (κ3) is 4.46. The lowest BCUT2D eigenvalue weighted by Crippen LogP contribution is -1.98. The molecular formula is C19H12ClFN2O2. The maximum absolute atomic E-state index is 13.6. The standard InChI is InChI=1S/C19H12ClFN2O2/c20-19-3-1-2-14(23-19)12-24-15-6-8-16(9-7-15)25-17-5-4-13(11-22)18(21)10-17/h1-10H,12H2. The Bertz CT molecular complexity index is 923. The summed E-state index contributed by atoms with van der Waals surface area (Å²) in [6, 6.07) is 18.1. The fourth-order valence-electron chi connectivity index (χ4n) is 2.08. The van der Waals surface area contributed by atoms with Crippen molar-refractivity contribution in [3.8, 4) is 23.3 Å². The monoisotopic (exact) mass is 354 g/mol. The first kappa shape index (κ1) is 16.7. The molecule has 1 aromatic heterocycles. The first-order valence-electron chi connectivity index (χ1n) is 7.36. The second-order valence-corrected chi connectivity index (χ2v) is 5.45. The molecule has 2 aromatic carbocycles. The van der Waals surface area contributed by atoms with Gasteiger partial charge < -0.3 is 9.47 Å². The quantitative estimate of drug-likeness (QED) is 0.597. The molecule has 0 spiro atoms. The number of pyridine rings is 1. The zero-order valence-electron chi connectivity index (χ0n) is 12.9. The summed E-state index contributed by atoms with van der Waals surface area (Å²) in [6.45, 7) is 0.293. The fraction of sp³-hybridized carbons (Fsp3) is 0.0526. The predicted octanol–water partition coefficient (Wildman–Crippen LogP) is 5.12. The van der Waals surface area contributed by atoms with Gasteiger partial charge in [-0.1, -0.05) is 17.7 Å². The average Bonchev–Trinajstić information content (AvgIpc) is 2.61. The number of rotatable bonds is 5. The molecule has 3 aromatic rings. The van der Waals surface area contributed by atoms with E-state index in [2.05, 4.69) is 4.98 Å². The SMILES string of the molecule is N#Cc1ccc(Oc2ccc(OCc3cccc(Cl)n3)cc2)cc1F. The number of aromatic nitrogens is 1. The van der Waals surface area contributed by atoms with E-state index < -0.39 is 5.82 Å². The lowest BCUT2D eigenvalue weighted by molar-refractivity contribution is 0.301. The highest BCUT2D eigenvalue weighted by molar-refractivity contribution is 6.29. The van der Waals surface area contributed by atoms with Gasteiger partial charge in [0.1, 0.15) is 40.9 Å². The minimum Gasteiger partial charge on any atom is -0.487 e. The lowest BCUT2D eigenvalue weighted by Gasteiger charge is -2.09. The Morgan fingerprint density at radius 3 is 2.40 bits per heavy atom. The Morgan fingerprint density at radius 1 is 1.00 bits per heavy atom. The van der Waals surface area contributed by atoms with Crippen molar-refractivity contribution >= 4 is 11.6 Å². The van der Waals surface area contributed by atoms with Crippen LogP contribution in [0.5, 0.6) is 17.2 Å². The summed E-state index contributed by atoms with van der Waals surface area (Å²) in [5.41, 5.74) is 0.701. The molecule has 1 heterocycles. The van der Waals surface area contributed by atoms with Crippen LogP contribution in [0.15, 0.2) is 60.7 Å². The van der Waals surface area contributed by atoms with Gasteiger partial charge in [0.2, 0.25) is 0 Å². The predicted molar refractivity (Wildman–Crippen MR) is 91.2 cm³/mol. The Balaban J connectivity index is 1.62. The summed E-state index contributed by atoms with van der Waals surface area (Å²) in [6.07, 6.45) is 0. The second kappa shape index (κ2) is 7.65. The molecule has 0 saturated carbocycles. The molecule has 124 valence electrons. The van der Waals surface area contributed by atoms with Crippen LogP contribution in [-0.2, 0) is 6.61 Å². The normalized spacial score (nSPS) is 10.1. The summed E-state index contributed by atoms with van der Waals surface area (Å²) in [5, 5.41) is 9.14. The topological polar surface area (TPSA) is 55.1 Å². The molecule has 0 amide bonds. The summed E-state index contributed by atoms with van der Waals surface area (Å²) < 4.78 is 24.8. The summed E-state index contributed by atoms with van der Waals surface area (Å²) >= 11 is 5.83. The number of hydrogen-bond acceptors (Lipinski definition) is 4. The summed E-state index contributed by atoms with van der Waals surface area (Å²) in [5.74, 6) is 0.861. The molecule has 6 heteroatoms. The van der Waals surface area contributed by atoms with Crippen molar-refractivity contribution < 1.29 is 13.9 Å². The van der Waals surface area contributed by atoms with Crippen molar-refractivity contribution in [3.05, 3.63) is 82.9 Å². The molecular weight excluding hydrogens is 343 g/mol. The van der Waals surface area contributed by atoms with Crippen LogP contribution in [0.25, 0.3) is 0 Å². The van der Waals surface area contributed by atoms with Gasteiger partial charge in [0.05, 0.1) is 11.3 Å². The number of nitrogens with zero attached hydrogens (tertiary/aromatic N) is 2. The molecule has 0 fully saturated rings. The van der Waals surface area contributed by atoms with Crippen LogP contribution in [0.2, 0.25) is 5.15 Å². The number of benzene rings is 2. The zero-order chi connectivity index (χ0) is 17.6. The van der Waals surface area contributed by atoms with E-state index >= 15 is 0 Å². The first-order valence-corrected chi connectivity index (χ1v) is 7.73. The molecule has 0 radical (unpaired) electrons. The van der Waals surface area contributed by atoms with Gasteiger partial charge in [0, 0.05) is 6.07 Å². The second-order valence-electron chi connectivity index (χ2n) is 5.07. The highest BCUT2D eigenvalue weighted by Crippen LogP contribution is 2.25. The molecule has 0 N–H and O–H groups in total. The third-order valence-electron chi connectivity index (χ3n) is 3.28. The van der Waals surface area contributed by atoms with Gasteiger partial charge in [-0.2, -0.15) is 5.26 Å². The molecule has 0 bridgehead atoms. The van der Waals surface area contributed by atoms with Crippen molar-refractivity contribution in [2.45, 2.75) is 6.61 Å². The average molecular weight is 355 g/mol. The number of ether oxygens (including phenoxy) is 2. The number of nitriles is 1. The third-order valence-corrected chi connectivity index (χ3v) is 3.49. The van der Waals surface area contributed by atoms with Crippen LogP contribution in [0.4, 0.5) is 4.39 Å². The minimum atomic E-state index is -0.617. The van der Waals surface area contributed by atoms with Crippen molar-refractivity contribution in [1.82, 2.24) is 4.98 Å². The molecule has 0 aliphatic heterocycles. The Kier molecular flexibility index (Phi) is 5.12.